The van der Waals surface area contributed by atoms with Crippen LogP contribution in [0.5, 0.6) is 5.75 Å². The monoisotopic (exact) mass is 602 g/mol. The molecular formula is C27H28Br2N2O2S. The minimum atomic E-state index is -0.104. The summed E-state index contributed by atoms with van der Waals surface area (Å²) >= 11 is 8.73. The van der Waals surface area contributed by atoms with E-state index in [0.717, 1.165) is 50.0 Å². The fourth-order valence-corrected chi connectivity index (χ4v) is 7.06. The number of hydrogen-bond donors (Lipinski definition) is 1. The summed E-state index contributed by atoms with van der Waals surface area (Å²) in [7, 11) is 1.64. The highest BCUT2D eigenvalue weighted by Gasteiger charge is 2.33. The van der Waals surface area contributed by atoms with Crippen LogP contribution in [0.3, 0.4) is 0 Å². The number of amides is 1. The number of rotatable bonds is 5. The maximum absolute atomic E-state index is 13.5. The third-order valence-electron chi connectivity index (χ3n) is 6.29. The molecule has 1 aliphatic rings. The lowest BCUT2D eigenvalue weighted by molar-refractivity contribution is 0.102. The van der Waals surface area contributed by atoms with Crippen molar-refractivity contribution in [1.29, 1.82) is 0 Å². The highest BCUT2D eigenvalue weighted by Crippen LogP contribution is 2.45. The summed E-state index contributed by atoms with van der Waals surface area (Å²) in [6.07, 6.45) is 4.74. The zero-order valence-electron chi connectivity index (χ0n) is 19.7. The number of thiophene rings is 1. The van der Waals surface area contributed by atoms with Crippen LogP contribution in [0.2, 0.25) is 0 Å². The van der Waals surface area contributed by atoms with Crippen LogP contribution in [0, 0.1) is 11.3 Å². The summed E-state index contributed by atoms with van der Waals surface area (Å²) in [6, 6.07) is 13.5. The predicted molar refractivity (Wildman–Crippen MR) is 149 cm³/mol. The van der Waals surface area contributed by atoms with E-state index in [0.29, 0.717) is 17.2 Å². The number of benzene rings is 2. The lowest BCUT2D eigenvalue weighted by Gasteiger charge is -2.33. The first kappa shape index (κ1) is 25.1. The van der Waals surface area contributed by atoms with Gasteiger partial charge in [0.25, 0.3) is 5.91 Å². The van der Waals surface area contributed by atoms with Gasteiger partial charge in [-0.3, -0.25) is 4.79 Å². The molecule has 3 aromatic rings. The Balaban J connectivity index is 1.75. The van der Waals surface area contributed by atoms with Crippen molar-refractivity contribution in [1.82, 2.24) is 0 Å². The van der Waals surface area contributed by atoms with E-state index >= 15 is 0 Å². The van der Waals surface area contributed by atoms with Gasteiger partial charge in [-0.2, -0.15) is 0 Å². The molecule has 1 atom stereocenters. The number of carbonyl (C=O) groups excluding carboxylic acids is 1. The molecule has 0 radical (unpaired) electrons. The highest BCUT2D eigenvalue weighted by atomic mass is 79.9. The van der Waals surface area contributed by atoms with E-state index in [9.17, 15) is 4.79 Å². The Morgan fingerprint density at radius 3 is 2.62 bits per heavy atom. The van der Waals surface area contributed by atoms with Gasteiger partial charge in [0.05, 0.1) is 17.1 Å². The SMILES string of the molecule is COc1c(Br)cc(Br)cc1C=Nc1sc2c(c1C(=O)Nc1ccccc1)CC[C@@H](C(C)(C)C)C2. The normalized spacial score (nSPS) is 15.9. The Bertz CT molecular complexity index is 1230. The quantitative estimate of drug-likeness (QED) is 0.297. The van der Waals surface area contributed by atoms with Crippen LogP contribution in [0.15, 0.2) is 56.4 Å². The molecule has 1 N–H and O–H groups in total. The van der Waals surface area contributed by atoms with Crippen LogP contribution in [-0.4, -0.2) is 19.2 Å². The molecule has 4 nitrogen and oxygen atoms in total. The first-order valence-electron chi connectivity index (χ1n) is 11.3. The van der Waals surface area contributed by atoms with Crippen LogP contribution in [0.4, 0.5) is 10.7 Å². The third-order valence-corrected chi connectivity index (χ3v) is 8.50. The summed E-state index contributed by atoms with van der Waals surface area (Å²) < 4.78 is 7.33. The summed E-state index contributed by atoms with van der Waals surface area (Å²) in [4.78, 5) is 19.6. The number of para-hydroxylation sites is 1. The maximum atomic E-state index is 13.5. The van der Waals surface area contributed by atoms with Crippen molar-refractivity contribution in [2.75, 3.05) is 12.4 Å². The standard InChI is InChI=1S/C27H28Br2N2O2S/c1-27(2,3)17-10-11-20-22(13-17)34-26(23(20)25(32)31-19-8-6-5-7-9-19)30-15-16-12-18(28)14-21(29)24(16)33-4/h5-9,12,14-15,17H,10-11,13H2,1-4H3,(H,31,32)/t17-/m1/s1. The Labute approximate surface area is 222 Å². The van der Waals surface area contributed by atoms with E-state index < -0.39 is 0 Å². The van der Waals surface area contributed by atoms with Crippen molar-refractivity contribution < 1.29 is 9.53 Å². The lowest BCUT2D eigenvalue weighted by Crippen LogP contribution is -2.27. The molecular weight excluding hydrogens is 576 g/mol. The third kappa shape index (κ3) is 5.47. The van der Waals surface area contributed by atoms with Gasteiger partial charge >= 0.3 is 0 Å². The number of ether oxygens (including phenoxy) is 1. The number of anilines is 1. The van der Waals surface area contributed by atoms with Crippen LogP contribution in [0.1, 0.15) is 53.6 Å². The second-order valence-electron chi connectivity index (χ2n) is 9.58. The summed E-state index contributed by atoms with van der Waals surface area (Å²) in [5, 5.41) is 3.81. The average Bonchev–Trinajstić information content (AvgIpc) is 3.15. The molecule has 1 amide bonds. The van der Waals surface area contributed by atoms with E-state index in [2.05, 4.69) is 57.9 Å². The van der Waals surface area contributed by atoms with E-state index in [1.54, 1.807) is 24.7 Å². The minimum Gasteiger partial charge on any atom is -0.495 e. The van der Waals surface area contributed by atoms with Crippen molar-refractivity contribution in [3.63, 3.8) is 0 Å². The van der Waals surface area contributed by atoms with Gasteiger partial charge in [0.15, 0.2) is 0 Å². The molecule has 4 rings (SSSR count). The first-order chi connectivity index (χ1) is 16.2. The predicted octanol–water partition coefficient (Wildman–Crippen LogP) is 8.44. The van der Waals surface area contributed by atoms with Gasteiger partial charge < -0.3 is 10.1 Å². The molecule has 0 saturated heterocycles. The van der Waals surface area contributed by atoms with Gasteiger partial charge in [0.1, 0.15) is 10.8 Å². The molecule has 0 unspecified atom stereocenters. The number of carbonyl (C=O) groups is 1. The number of hydrogen-bond acceptors (Lipinski definition) is 4. The molecule has 1 aliphatic carbocycles. The van der Waals surface area contributed by atoms with Crippen LogP contribution >= 0.6 is 43.2 Å². The van der Waals surface area contributed by atoms with E-state index in [1.165, 1.54) is 4.88 Å². The highest BCUT2D eigenvalue weighted by molar-refractivity contribution is 9.11. The zero-order chi connectivity index (χ0) is 24.5. The van der Waals surface area contributed by atoms with Gasteiger partial charge in [-0.25, -0.2) is 4.99 Å². The number of fused-ring (bicyclic) bond motifs is 1. The molecule has 0 aliphatic heterocycles. The van der Waals surface area contributed by atoms with E-state index in [4.69, 9.17) is 9.73 Å². The average molecular weight is 604 g/mol. The van der Waals surface area contributed by atoms with E-state index in [-0.39, 0.29) is 11.3 Å². The Kier molecular flexibility index (Phi) is 7.65. The maximum Gasteiger partial charge on any atom is 0.259 e. The van der Waals surface area contributed by atoms with E-state index in [1.807, 2.05) is 42.5 Å². The van der Waals surface area contributed by atoms with Gasteiger partial charge in [-0.15, -0.1) is 11.3 Å². The molecule has 7 heteroatoms. The number of aliphatic imine (C=N–C) groups is 1. The molecule has 2 aromatic carbocycles. The molecule has 1 aromatic heterocycles. The second-order valence-corrected chi connectivity index (χ2v) is 12.4. The lowest BCUT2D eigenvalue weighted by atomic mass is 9.72. The Morgan fingerprint density at radius 2 is 1.94 bits per heavy atom. The first-order valence-corrected chi connectivity index (χ1v) is 13.7. The molecule has 1 heterocycles. The molecule has 34 heavy (non-hydrogen) atoms. The van der Waals surface area contributed by atoms with Crippen molar-refractivity contribution >= 4 is 66.0 Å². The number of halogens is 2. The largest absolute Gasteiger partial charge is 0.495 e. The van der Waals surface area contributed by atoms with Crippen LogP contribution < -0.4 is 10.1 Å². The van der Waals surface area contributed by atoms with Gasteiger partial charge in [-0.1, -0.05) is 54.9 Å². The second kappa shape index (κ2) is 10.3. The Morgan fingerprint density at radius 1 is 1.21 bits per heavy atom. The van der Waals surface area contributed by atoms with Crippen LogP contribution in [0.25, 0.3) is 0 Å². The number of nitrogens with one attached hydrogen (secondary N) is 1. The fraction of sp³-hybridized carbons (Fsp3) is 0.333. The fourth-order valence-electron chi connectivity index (χ4n) is 4.37. The zero-order valence-corrected chi connectivity index (χ0v) is 23.7. The van der Waals surface area contributed by atoms with Crippen molar-refractivity contribution in [3.8, 4) is 5.75 Å². The van der Waals surface area contributed by atoms with Crippen molar-refractivity contribution in [3.05, 3.63) is 73.0 Å². The molecule has 0 saturated carbocycles. The summed E-state index contributed by atoms with van der Waals surface area (Å²) in [5.41, 5.74) is 3.68. The Hall–Kier alpha value is -1.96. The van der Waals surface area contributed by atoms with Crippen LogP contribution in [-0.2, 0) is 12.8 Å². The van der Waals surface area contributed by atoms with Gasteiger partial charge in [0, 0.05) is 26.8 Å². The molecule has 0 spiro atoms. The summed E-state index contributed by atoms with van der Waals surface area (Å²) in [5.74, 6) is 1.19. The van der Waals surface area contributed by atoms with Crippen molar-refractivity contribution in [2.24, 2.45) is 16.3 Å². The van der Waals surface area contributed by atoms with Crippen molar-refractivity contribution in [2.45, 2.75) is 40.0 Å². The number of nitrogens with zero attached hydrogens (tertiary/aromatic N) is 1. The van der Waals surface area contributed by atoms with Gasteiger partial charge in [0.2, 0.25) is 0 Å². The molecule has 0 fully saturated rings. The minimum absolute atomic E-state index is 0.104. The molecule has 178 valence electrons. The summed E-state index contributed by atoms with van der Waals surface area (Å²) in [6.45, 7) is 6.90. The van der Waals surface area contributed by atoms with Gasteiger partial charge in [-0.05, 0) is 76.4 Å². The topological polar surface area (TPSA) is 50.7 Å². The molecule has 0 bridgehead atoms. The number of methoxy groups -OCH3 is 1. The smallest absolute Gasteiger partial charge is 0.259 e.